The zero-order chi connectivity index (χ0) is 41.1. The van der Waals surface area contributed by atoms with Gasteiger partial charge in [-0.2, -0.15) is 0 Å². The van der Waals surface area contributed by atoms with E-state index in [9.17, 15) is 38.4 Å². The second kappa shape index (κ2) is 29.7. The van der Waals surface area contributed by atoms with Crippen LogP contribution in [0.1, 0.15) is 121 Å². The Labute approximate surface area is 329 Å². The third-order valence-corrected chi connectivity index (χ3v) is 10.3. The predicted molar refractivity (Wildman–Crippen MR) is 202 cm³/mol. The zero-order valence-corrected chi connectivity index (χ0v) is 34.1. The first kappa shape index (κ1) is 49.7. The number of aliphatic hydroxyl groups is 3. The van der Waals surface area contributed by atoms with Crippen LogP contribution in [0.5, 0.6) is 0 Å². The van der Waals surface area contributed by atoms with Crippen molar-refractivity contribution in [2.45, 2.75) is 153 Å². The van der Waals surface area contributed by atoms with Crippen LogP contribution in [-0.2, 0) is 32.4 Å². The molecular formula is C36H61N3O15P2. The fourth-order valence-corrected chi connectivity index (χ4v) is 7.03. The summed E-state index contributed by atoms with van der Waals surface area (Å²) < 4.78 is 46.4. The molecular weight excluding hydrogens is 776 g/mol. The van der Waals surface area contributed by atoms with Crippen molar-refractivity contribution < 1.29 is 62.3 Å². The highest BCUT2D eigenvalue weighted by molar-refractivity contribution is 7.30. The van der Waals surface area contributed by atoms with Gasteiger partial charge < -0.3 is 44.6 Å². The van der Waals surface area contributed by atoms with E-state index in [1.54, 1.807) is 6.92 Å². The molecule has 3 aliphatic rings. The van der Waals surface area contributed by atoms with E-state index < -0.39 is 58.4 Å². The van der Waals surface area contributed by atoms with E-state index in [2.05, 4.69) is 31.5 Å². The molecule has 18 nitrogen and oxygen atoms in total. The van der Waals surface area contributed by atoms with Gasteiger partial charge in [0.05, 0.1) is 19.3 Å². The van der Waals surface area contributed by atoms with E-state index in [-0.39, 0.29) is 31.8 Å². The average molecular weight is 838 g/mol. The van der Waals surface area contributed by atoms with Crippen molar-refractivity contribution in [2.24, 2.45) is 0 Å². The first-order valence-corrected chi connectivity index (χ1v) is 21.8. The fourth-order valence-electron chi connectivity index (χ4n) is 6.29. The number of hydrogen-bond donors (Lipinski definition) is 5. The molecule has 0 aromatic carbocycles. The average Bonchev–Trinajstić information content (AvgIpc) is 3.76. The topological polar surface area (TPSA) is 271 Å². The maximum atomic E-state index is 11.9. The van der Waals surface area contributed by atoms with Crippen molar-refractivity contribution in [3.63, 3.8) is 0 Å². The number of rotatable bonds is 20. The number of alkyl carbamates (subject to hydrolysis) is 1. The van der Waals surface area contributed by atoms with E-state index in [0.29, 0.717) is 31.7 Å². The summed E-state index contributed by atoms with van der Waals surface area (Å²) in [6, 6.07) is 0. The number of carbonyl (C=O) groups is 1. The molecule has 0 radical (unpaired) electrons. The van der Waals surface area contributed by atoms with Crippen LogP contribution in [0.15, 0.2) is 27.9 Å². The van der Waals surface area contributed by atoms with Gasteiger partial charge in [0, 0.05) is 37.8 Å². The number of ether oxygens (including phenoxy) is 3. The summed E-state index contributed by atoms with van der Waals surface area (Å²) in [5, 5.41) is 30.0. The quantitative estimate of drug-likeness (QED) is 0.0717. The van der Waals surface area contributed by atoms with E-state index in [0.717, 1.165) is 64.2 Å². The Balaban J connectivity index is 0.000000324. The SMILES string of the molecule is Cc1cn([C@H]2C[C@@H](O)[C@@H](CO)O2)c(=O)[nH]c1=O.O=C(NCCCCCCCCCCCCO[P+](=O)[O-])OC1CC/C=C/CCC1.O=[P+]([O-])O[C@@H]1CCO[C@@H]1CO. The zero-order valence-electron chi connectivity index (χ0n) is 32.3. The molecule has 4 rings (SSSR count). The van der Waals surface area contributed by atoms with Crippen LogP contribution in [-0.4, -0.2) is 94.5 Å². The summed E-state index contributed by atoms with van der Waals surface area (Å²) in [5.41, 5.74) is -0.643. The molecule has 0 saturated carbocycles. The minimum Gasteiger partial charge on any atom is -0.566 e. The molecule has 2 aliphatic heterocycles. The summed E-state index contributed by atoms with van der Waals surface area (Å²) in [7, 11) is -5.52. The smallest absolute Gasteiger partial charge is 0.488 e. The number of amides is 1. The number of H-pyrrole nitrogens is 1. The van der Waals surface area contributed by atoms with Gasteiger partial charge in [0.15, 0.2) is 0 Å². The molecule has 0 spiro atoms. The van der Waals surface area contributed by atoms with Gasteiger partial charge in [-0.15, -0.1) is 9.05 Å². The summed E-state index contributed by atoms with van der Waals surface area (Å²) in [6.45, 7) is 2.52. The van der Waals surface area contributed by atoms with Crippen molar-refractivity contribution in [2.75, 3.05) is 33.0 Å². The van der Waals surface area contributed by atoms with Crippen LogP contribution in [0.25, 0.3) is 0 Å². The van der Waals surface area contributed by atoms with Crippen LogP contribution < -0.4 is 26.4 Å². The van der Waals surface area contributed by atoms with Gasteiger partial charge in [-0.05, 0) is 61.0 Å². The lowest BCUT2D eigenvalue weighted by atomic mass is 10.0. The molecule has 8 atom stereocenters. The molecule has 20 heteroatoms. The second-order valence-electron chi connectivity index (χ2n) is 13.9. The molecule has 320 valence electrons. The maximum absolute atomic E-state index is 11.9. The maximum Gasteiger partial charge on any atom is 0.488 e. The minimum absolute atomic E-state index is 0.0635. The first-order valence-electron chi connectivity index (χ1n) is 19.6. The number of unbranched alkanes of at least 4 members (excludes halogenated alkanes) is 9. The number of nitrogens with zero attached hydrogens (tertiary/aromatic N) is 1. The highest BCUT2D eigenvalue weighted by Crippen LogP contribution is 2.27. The molecule has 2 saturated heterocycles. The van der Waals surface area contributed by atoms with Crippen LogP contribution in [0.4, 0.5) is 4.79 Å². The molecule has 56 heavy (non-hydrogen) atoms. The van der Waals surface area contributed by atoms with E-state index >= 15 is 0 Å². The van der Waals surface area contributed by atoms with Crippen LogP contribution in [0.3, 0.4) is 0 Å². The van der Waals surface area contributed by atoms with Crippen LogP contribution >= 0.6 is 16.5 Å². The number of aryl methyl sites for hydroxylation is 1. The molecule has 5 N–H and O–H groups in total. The van der Waals surface area contributed by atoms with Crippen LogP contribution in [0, 0.1) is 6.92 Å². The van der Waals surface area contributed by atoms with Crippen molar-refractivity contribution in [3.8, 4) is 0 Å². The van der Waals surface area contributed by atoms with Crippen LogP contribution in [0.2, 0.25) is 0 Å². The molecule has 1 aliphatic carbocycles. The largest absolute Gasteiger partial charge is 0.566 e. The lowest BCUT2D eigenvalue weighted by molar-refractivity contribution is -0.191. The highest BCUT2D eigenvalue weighted by Gasteiger charge is 2.35. The Kier molecular flexibility index (Phi) is 26.3. The van der Waals surface area contributed by atoms with Crippen molar-refractivity contribution in [1.29, 1.82) is 0 Å². The van der Waals surface area contributed by atoms with Gasteiger partial charge in [-0.3, -0.25) is 14.3 Å². The minimum atomic E-state index is -2.83. The molecule has 2 fully saturated rings. The predicted octanol–water partition coefficient (Wildman–Crippen LogP) is 3.19. The third kappa shape index (κ3) is 21.3. The van der Waals surface area contributed by atoms with Gasteiger partial charge in [-0.25, -0.2) is 9.59 Å². The number of allylic oxidation sites excluding steroid dienone is 2. The standard InChI is InChI=1S/C21H38NO5P.C10H14N2O5.C5H9O5P/c23-21(27-20-16-12-8-7-9-13-17-20)22-18-14-10-5-3-1-2-4-6-11-15-19-26-28(24)25;1-5-3-12(10(16)11-9(5)15)8-2-6(14)7(4-13)17-8;6-3-5-4(1-2-9-5)10-11(7)8/h7-8,20H,1-6,9-19H2,(H,22,23);3,6-8,13-14H,2,4H2,1H3,(H,11,15,16);4-6H,1-3H2/b8-7+;;/t;6-,7-,8-;4-,5-/m.11/s1. The first-order chi connectivity index (χ1) is 26.9. The summed E-state index contributed by atoms with van der Waals surface area (Å²) in [4.78, 5) is 57.1. The fraction of sp³-hybridized carbons (Fsp3) is 0.806. The van der Waals surface area contributed by atoms with Gasteiger partial charge >= 0.3 is 28.3 Å². The Morgan fingerprint density at radius 2 is 1.57 bits per heavy atom. The third-order valence-electron chi connectivity index (χ3n) is 9.42. The van der Waals surface area contributed by atoms with Gasteiger partial charge in [-0.1, -0.05) is 63.5 Å². The molecule has 1 amide bonds. The normalized spacial score (nSPS) is 24.4. The molecule has 1 aromatic rings. The molecule has 0 bridgehead atoms. The number of aromatic amines is 1. The lowest BCUT2D eigenvalue weighted by Gasteiger charge is -2.18. The van der Waals surface area contributed by atoms with E-state index in [1.807, 2.05) is 0 Å². The monoisotopic (exact) mass is 837 g/mol. The number of carbonyl (C=O) groups excluding carboxylic acids is 1. The highest BCUT2D eigenvalue weighted by atomic mass is 31.1. The van der Waals surface area contributed by atoms with Gasteiger partial charge in [0.1, 0.15) is 37.3 Å². The van der Waals surface area contributed by atoms with E-state index in [4.69, 9.17) is 24.4 Å². The second-order valence-corrected chi connectivity index (χ2v) is 15.2. The Hall–Kier alpha value is -2.47. The lowest BCUT2D eigenvalue weighted by Crippen LogP contribution is -2.33. The number of aliphatic hydroxyl groups excluding tert-OH is 3. The number of aromatic nitrogens is 2. The Bertz CT molecular complexity index is 1430. The number of hydrogen-bond acceptors (Lipinski definition) is 15. The number of nitrogens with one attached hydrogen (secondary N) is 2. The Morgan fingerprint density at radius 3 is 2.20 bits per heavy atom. The Morgan fingerprint density at radius 1 is 0.929 bits per heavy atom. The van der Waals surface area contributed by atoms with E-state index in [1.165, 1.54) is 42.9 Å². The van der Waals surface area contributed by atoms with Gasteiger partial charge in [0.25, 0.3) is 5.56 Å². The van der Waals surface area contributed by atoms with Gasteiger partial charge in [0.2, 0.25) is 0 Å². The summed E-state index contributed by atoms with van der Waals surface area (Å²) in [5.74, 6) is 0. The molecule has 1 aromatic heterocycles. The molecule has 3 heterocycles. The molecule has 3 unspecified atom stereocenters. The van der Waals surface area contributed by atoms with Crippen molar-refractivity contribution in [3.05, 3.63) is 44.8 Å². The summed E-state index contributed by atoms with van der Waals surface area (Å²) in [6.07, 6.45) is 19.5. The summed E-state index contributed by atoms with van der Waals surface area (Å²) >= 11 is 0. The van der Waals surface area contributed by atoms with Crippen molar-refractivity contribution >= 4 is 22.6 Å². The van der Waals surface area contributed by atoms with Crippen molar-refractivity contribution in [1.82, 2.24) is 14.9 Å².